The number of nitrogens with one attached hydrogen (secondary N) is 1. The van der Waals surface area contributed by atoms with Crippen LogP contribution in [0.25, 0.3) is 0 Å². The van der Waals surface area contributed by atoms with E-state index in [1.807, 2.05) is 12.1 Å². The van der Waals surface area contributed by atoms with Crippen molar-refractivity contribution in [3.63, 3.8) is 0 Å². The highest BCUT2D eigenvalue weighted by molar-refractivity contribution is 6.34. The molecule has 1 fully saturated rings. The van der Waals surface area contributed by atoms with E-state index >= 15 is 0 Å². The number of benzene rings is 2. The topological polar surface area (TPSA) is 47.9 Å². The highest BCUT2D eigenvalue weighted by atomic mass is 35.5. The average Bonchev–Trinajstić information content (AvgIpc) is 2.93. The summed E-state index contributed by atoms with van der Waals surface area (Å²) in [5.41, 5.74) is 4.39. The van der Waals surface area contributed by atoms with Crippen molar-refractivity contribution in [2.45, 2.75) is 38.6 Å². The summed E-state index contributed by atoms with van der Waals surface area (Å²) in [5, 5.41) is 3.94. The van der Waals surface area contributed by atoms with E-state index in [9.17, 15) is 4.79 Å². The molecule has 0 saturated carbocycles. The Bertz CT molecular complexity index is 1030. The third-order valence-corrected chi connectivity index (χ3v) is 6.71. The summed E-state index contributed by atoms with van der Waals surface area (Å²) >= 11 is 6.37. The number of aldehydes is 1. The van der Waals surface area contributed by atoms with E-state index in [-0.39, 0.29) is 11.0 Å². The monoisotopic (exact) mass is 424 g/mol. The Kier molecular flexibility index (Phi) is 5.15. The molecule has 2 aromatic rings. The molecule has 0 spiro atoms. The van der Waals surface area contributed by atoms with Crippen molar-refractivity contribution in [2.24, 2.45) is 4.99 Å². The smallest absolute Gasteiger partial charge is 0.153 e. The minimum atomic E-state index is -0.288. The fraction of sp³-hybridized carbons (Fsp3) is 0.417. The molecule has 5 nitrogen and oxygen atoms in total. The van der Waals surface area contributed by atoms with Crippen molar-refractivity contribution in [1.29, 1.82) is 0 Å². The molecule has 2 aromatic carbocycles. The summed E-state index contributed by atoms with van der Waals surface area (Å²) in [4.78, 5) is 21.1. The summed E-state index contributed by atoms with van der Waals surface area (Å²) < 4.78 is 0. The number of aliphatic imine (C=N–C) groups is 1. The van der Waals surface area contributed by atoms with Crippen LogP contribution >= 0.6 is 11.6 Å². The molecule has 0 radical (unpaired) electrons. The second-order valence-electron chi connectivity index (χ2n) is 9.14. The van der Waals surface area contributed by atoms with Gasteiger partial charge in [0.2, 0.25) is 0 Å². The Morgan fingerprint density at radius 3 is 2.57 bits per heavy atom. The predicted molar refractivity (Wildman–Crippen MR) is 126 cm³/mol. The molecule has 2 heterocycles. The van der Waals surface area contributed by atoms with E-state index in [1.165, 1.54) is 11.3 Å². The van der Waals surface area contributed by atoms with Gasteiger partial charge in [0, 0.05) is 43.3 Å². The molecule has 2 aliphatic heterocycles. The maximum Gasteiger partial charge on any atom is 0.153 e. The number of carbonyl (C=O) groups excluding carboxylic acids is 1. The van der Waals surface area contributed by atoms with Gasteiger partial charge in [0.1, 0.15) is 5.84 Å². The van der Waals surface area contributed by atoms with E-state index in [4.69, 9.17) is 11.6 Å². The van der Waals surface area contributed by atoms with Gasteiger partial charge in [0.05, 0.1) is 22.0 Å². The quantitative estimate of drug-likeness (QED) is 0.719. The molecule has 0 atom stereocenters. The normalized spacial score (nSPS) is 21.1. The lowest BCUT2D eigenvalue weighted by atomic mass is 9.85. The van der Waals surface area contributed by atoms with Crippen LogP contribution in [-0.2, 0) is 5.41 Å². The second kappa shape index (κ2) is 7.40. The van der Waals surface area contributed by atoms with Gasteiger partial charge in [0.15, 0.2) is 6.29 Å². The van der Waals surface area contributed by atoms with Crippen LogP contribution in [0.3, 0.4) is 0 Å². The summed E-state index contributed by atoms with van der Waals surface area (Å²) in [7, 11) is 1.81. The van der Waals surface area contributed by atoms with Gasteiger partial charge < -0.3 is 10.2 Å². The molecule has 0 aliphatic carbocycles. The van der Waals surface area contributed by atoms with Gasteiger partial charge in [-0.05, 0) is 57.5 Å². The fourth-order valence-electron chi connectivity index (χ4n) is 4.84. The first-order valence-corrected chi connectivity index (χ1v) is 10.7. The zero-order valence-corrected chi connectivity index (χ0v) is 19.0. The molecule has 158 valence electrons. The third kappa shape index (κ3) is 3.12. The Morgan fingerprint density at radius 1 is 1.13 bits per heavy atom. The lowest BCUT2D eigenvalue weighted by Gasteiger charge is -2.44. The van der Waals surface area contributed by atoms with Gasteiger partial charge in [-0.2, -0.15) is 0 Å². The molecule has 0 bridgehead atoms. The number of hydrogen-bond donors (Lipinski definition) is 1. The summed E-state index contributed by atoms with van der Waals surface area (Å²) in [5.74, 6) is 0.902. The predicted octanol–water partition coefficient (Wildman–Crippen LogP) is 4.80. The van der Waals surface area contributed by atoms with Crippen molar-refractivity contribution in [2.75, 3.05) is 36.5 Å². The number of rotatable bonds is 3. The number of nitrogens with zero attached hydrogens (tertiary/aromatic N) is 3. The van der Waals surface area contributed by atoms with Crippen LogP contribution in [0.1, 0.15) is 43.6 Å². The first-order valence-electron chi connectivity index (χ1n) is 10.4. The zero-order chi connectivity index (χ0) is 21.7. The van der Waals surface area contributed by atoms with E-state index in [0.29, 0.717) is 10.6 Å². The second-order valence-corrected chi connectivity index (χ2v) is 9.55. The number of piperazine rings is 1. The summed E-state index contributed by atoms with van der Waals surface area (Å²) in [6, 6.07) is 12.2. The lowest BCUT2D eigenvalue weighted by Crippen LogP contribution is -2.58. The number of fused-ring (bicyclic) bond motifs is 1. The van der Waals surface area contributed by atoms with Crippen molar-refractivity contribution in [1.82, 2.24) is 5.32 Å². The molecule has 1 saturated heterocycles. The number of anilines is 3. The molecule has 0 aromatic heterocycles. The van der Waals surface area contributed by atoms with Crippen LogP contribution in [0.15, 0.2) is 41.4 Å². The van der Waals surface area contributed by atoms with Crippen LogP contribution in [0.4, 0.5) is 17.1 Å². The Hall–Kier alpha value is -2.37. The minimum Gasteiger partial charge on any atom is -0.364 e. The zero-order valence-electron chi connectivity index (χ0n) is 18.3. The van der Waals surface area contributed by atoms with Gasteiger partial charge in [-0.15, -0.1) is 0 Å². The first-order chi connectivity index (χ1) is 14.2. The Morgan fingerprint density at radius 2 is 1.90 bits per heavy atom. The molecule has 2 aliphatic rings. The third-order valence-electron chi connectivity index (χ3n) is 6.38. The molecule has 30 heavy (non-hydrogen) atoms. The van der Waals surface area contributed by atoms with Crippen LogP contribution in [0, 0.1) is 0 Å². The standard InChI is InChI=1S/C24H29ClN4O/c1-23(2)15-27-11-12-28(23)16-9-10-18-21(13-16)29(22(26-5)24(18,3)4)20-8-6-7-19(25)17(20)14-30/h6-10,13-14,27H,11-12,15H2,1-5H3. The number of amidine groups is 1. The Balaban J connectivity index is 1.92. The van der Waals surface area contributed by atoms with Gasteiger partial charge in [0.25, 0.3) is 0 Å². The molecular weight excluding hydrogens is 396 g/mol. The molecule has 0 amide bonds. The van der Waals surface area contributed by atoms with E-state index in [2.05, 4.69) is 66.0 Å². The van der Waals surface area contributed by atoms with Crippen molar-refractivity contribution >= 4 is 40.8 Å². The highest BCUT2D eigenvalue weighted by Gasteiger charge is 2.43. The van der Waals surface area contributed by atoms with Gasteiger partial charge in [-0.25, -0.2) is 0 Å². The van der Waals surface area contributed by atoms with Crippen molar-refractivity contribution in [3.05, 3.63) is 52.5 Å². The highest BCUT2D eigenvalue weighted by Crippen LogP contribution is 2.49. The van der Waals surface area contributed by atoms with Gasteiger partial charge in [-0.1, -0.05) is 23.7 Å². The number of carbonyl (C=O) groups is 1. The maximum absolute atomic E-state index is 11.9. The van der Waals surface area contributed by atoms with E-state index in [0.717, 1.165) is 43.1 Å². The lowest BCUT2D eigenvalue weighted by molar-refractivity contribution is 0.112. The molecule has 4 rings (SSSR count). The average molecular weight is 425 g/mol. The minimum absolute atomic E-state index is 0.0110. The van der Waals surface area contributed by atoms with E-state index < -0.39 is 0 Å². The van der Waals surface area contributed by atoms with Crippen LogP contribution in [0.2, 0.25) is 5.02 Å². The summed E-state index contributed by atoms with van der Waals surface area (Å²) in [6.45, 7) is 11.7. The molecule has 6 heteroatoms. The summed E-state index contributed by atoms with van der Waals surface area (Å²) in [6.07, 6.45) is 0.833. The molecule has 1 N–H and O–H groups in total. The largest absolute Gasteiger partial charge is 0.364 e. The number of hydrogen-bond acceptors (Lipinski definition) is 4. The van der Waals surface area contributed by atoms with Crippen LogP contribution < -0.4 is 15.1 Å². The number of halogens is 1. The van der Waals surface area contributed by atoms with Gasteiger partial charge >= 0.3 is 0 Å². The van der Waals surface area contributed by atoms with E-state index in [1.54, 1.807) is 13.1 Å². The van der Waals surface area contributed by atoms with Gasteiger partial charge in [-0.3, -0.25) is 14.7 Å². The Labute approximate surface area is 183 Å². The molecular formula is C24H29ClN4O. The molecule has 0 unspecified atom stereocenters. The van der Waals surface area contributed by atoms with Crippen LogP contribution in [-0.4, -0.2) is 44.3 Å². The fourth-order valence-corrected chi connectivity index (χ4v) is 5.05. The van der Waals surface area contributed by atoms with Crippen LogP contribution in [0.5, 0.6) is 0 Å². The maximum atomic E-state index is 11.9. The SMILES string of the molecule is CN=C1N(c2cccc(Cl)c2C=O)c2cc(N3CCNCC3(C)C)ccc2C1(C)C. The first kappa shape index (κ1) is 20.9. The van der Waals surface area contributed by atoms with Crippen molar-refractivity contribution < 1.29 is 4.79 Å². The van der Waals surface area contributed by atoms with Crippen molar-refractivity contribution in [3.8, 4) is 0 Å².